The summed E-state index contributed by atoms with van der Waals surface area (Å²) in [5, 5.41) is 9.63. The second-order valence-corrected chi connectivity index (χ2v) is 5.50. The molecule has 0 atom stereocenters. The lowest BCUT2D eigenvalue weighted by atomic mass is 10.3. The van der Waals surface area contributed by atoms with Crippen LogP contribution in [0, 0.1) is 0 Å². The van der Waals surface area contributed by atoms with Gasteiger partial charge < -0.3 is 9.84 Å². The fraction of sp³-hybridized carbons (Fsp3) is 0.100. The molecular formula is C10H7Br3O3. The fourth-order valence-electron chi connectivity index (χ4n) is 0.836. The van der Waals surface area contributed by atoms with Gasteiger partial charge in [-0.2, -0.15) is 0 Å². The summed E-state index contributed by atoms with van der Waals surface area (Å²) in [6.45, 7) is 5.02. The van der Waals surface area contributed by atoms with Crippen LogP contribution in [0.3, 0.4) is 0 Å². The van der Waals surface area contributed by atoms with E-state index < -0.39 is 5.97 Å². The maximum atomic E-state index is 11.4. The maximum Gasteiger partial charge on any atom is 0.338 e. The largest absolute Gasteiger partial charge is 0.505 e. The smallest absolute Gasteiger partial charge is 0.338 e. The normalized spacial score (nSPS) is 10.0. The third-order valence-electron chi connectivity index (χ3n) is 1.65. The highest BCUT2D eigenvalue weighted by atomic mass is 79.9. The molecule has 16 heavy (non-hydrogen) atoms. The Morgan fingerprint density at radius 3 is 2.44 bits per heavy atom. The highest BCUT2D eigenvalue weighted by molar-refractivity contribution is 9.11. The summed E-state index contributed by atoms with van der Waals surface area (Å²) < 4.78 is 6.38. The van der Waals surface area contributed by atoms with Crippen LogP contribution >= 0.6 is 47.8 Å². The highest BCUT2D eigenvalue weighted by Gasteiger charge is 2.17. The molecule has 0 heterocycles. The molecule has 0 bridgehead atoms. The molecule has 0 saturated carbocycles. The number of benzene rings is 1. The molecule has 0 amide bonds. The molecular weight excluding hydrogens is 408 g/mol. The lowest BCUT2D eigenvalue weighted by Crippen LogP contribution is -2.09. The zero-order valence-electron chi connectivity index (χ0n) is 8.18. The lowest BCUT2D eigenvalue weighted by Gasteiger charge is -2.10. The molecule has 6 heteroatoms. The van der Waals surface area contributed by atoms with Crippen LogP contribution in [0.1, 0.15) is 6.92 Å². The number of esters is 1. The van der Waals surface area contributed by atoms with Crippen molar-refractivity contribution in [1.29, 1.82) is 0 Å². The Hall–Kier alpha value is -0.330. The van der Waals surface area contributed by atoms with Gasteiger partial charge in [-0.25, -0.2) is 4.79 Å². The van der Waals surface area contributed by atoms with Crippen LogP contribution in [0.25, 0.3) is 0 Å². The van der Waals surface area contributed by atoms with Crippen LogP contribution in [0.5, 0.6) is 11.5 Å². The first-order chi connectivity index (χ1) is 7.34. The molecule has 1 aromatic rings. The molecule has 0 spiro atoms. The molecule has 0 aromatic heterocycles. The first-order valence-corrected chi connectivity index (χ1v) is 6.46. The first kappa shape index (κ1) is 13.7. The van der Waals surface area contributed by atoms with Crippen molar-refractivity contribution in [3.63, 3.8) is 0 Å². The molecule has 0 saturated heterocycles. The van der Waals surface area contributed by atoms with Gasteiger partial charge in [-0.1, -0.05) is 6.58 Å². The Kier molecular flexibility index (Phi) is 4.58. The summed E-state index contributed by atoms with van der Waals surface area (Å²) in [7, 11) is 0. The highest BCUT2D eigenvalue weighted by Crippen LogP contribution is 2.44. The summed E-state index contributed by atoms with van der Waals surface area (Å²) in [5.74, 6) is -0.371. The molecule has 0 fully saturated rings. The number of carbonyl (C=O) groups is 1. The minimum Gasteiger partial charge on any atom is -0.505 e. The zero-order chi connectivity index (χ0) is 12.5. The van der Waals surface area contributed by atoms with Crippen molar-refractivity contribution in [2.24, 2.45) is 0 Å². The van der Waals surface area contributed by atoms with Crippen molar-refractivity contribution in [2.45, 2.75) is 6.92 Å². The molecule has 1 rings (SSSR count). The van der Waals surface area contributed by atoms with Crippen LogP contribution in [0.15, 0.2) is 31.6 Å². The van der Waals surface area contributed by atoms with Gasteiger partial charge in [0.05, 0.1) is 8.95 Å². The fourth-order valence-corrected chi connectivity index (χ4v) is 3.12. The summed E-state index contributed by atoms with van der Waals surface area (Å²) in [4.78, 5) is 11.4. The number of phenolic OH excluding ortho intramolecular Hbond substituents is 1. The number of hydrogen-bond donors (Lipinski definition) is 1. The lowest BCUT2D eigenvalue weighted by molar-refractivity contribution is -0.130. The first-order valence-electron chi connectivity index (χ1n) is 4.08. The van der Waals surface area contributed by atoms with Gasteiger partial charge >= 0.3 is 5.97 Å². The molecule has 3 nitrogen and oxygen atoms in total. The molecule has 0 aliphatic rings. The number of halogens is 3. The average molecular weight is 415 g/mol. The van der Waals surface area contributed by atoms with Crippen molar-refractivity contribution in [3.8, 4) is 11.5 Å². The minimum atomic E-state index is -0.553. The third kappa shape index (κ3) is 2.87. The molecule has 0 aliphatic heterocycles. The van der Waals surface area contributed by atoms with E-state index in [9.17, 15) is 9.90 Å². The molecule has 86 valence electrons. The Labute approximate surface area is 118 Å². The van der Waals surface area contributed by atoms with Gasteiger partial charge in [-0.05, 0) is 60.8 Å². The SMILES string of the molecule is C=C(C)C(=O)Oc1c(Br)cc(Br)c(O)c1Br. The van der Waals surface area contributed by atoms with Crippen molar-refractivity contribution < 1.29 is 14.6 Å². The third-order valence-corrected chi connectivity index (χ3v) is 3.58. The predicted octanol–water partition coefficient (Wildman–Crippen LogP) is 4.16. The van der Waals surface area contributed by atoms with Crippen LogP contribution < -0.4 is 4.74 Å². The van der Waals surface area contributed by atoms with E-state index in [1.165, 1.54) is 0 Å². The monoisotopic (exact) mass is 412 g/mol. The van der Waals surface area contributed by atoms with Crippen molar-refractivity contribution >= 4 is 53.8 Å². The molecule has 0 aliphatic carbocycles. The van der Waals surface area contributed by atoms with E-state index in [1.807, 2.05) is 0 Å². The van der Waals surface area contributed by atoms with E-state index in [0.29, 0.717) is 13.4 Å². The van der Waals surface area contributed by atoms with Crippen molar-refractivity contribution in [1.82, 2.24) is 0 Å². The Bertz CT molecular complexity index is 469. The number of aromatic hydroxyl groups is 1. The summed E-state index contributed by atoms with van der Waals surface area (Å²) >= 11 is 9.53. The van der Waals surface area contributed by atoms with E-state index >= 15 is 0 Å². The van der Waals surface area contributed by atoms with Gasteiger partial charge in [0.25, 0.3) is 0 Å². The van der Waals surface area contributed by atoms with Gasteiger partial charge in [0.15, 0.2) is 5.75 Å². The van der Waals surface area contributed by atoms with Crippen molar-refractivity contribution in [2.75, 3.05) is 0 Å². The van der Waals surface area contributed by atoms with Gasteiger partial charge in [0, 0.05) is 5.57 Å². The Morgan fingerprint density at radius 2 is 1.94 bits per heavy atom. The Balaban J connectivity index is 3.19. The minimum absolute atomic E-state index is 0.0345. The van der Waals surface area contributed by atoms with Crippen LogP contribution in [0.2, 0.25) is 0 Å². The number of carbonyl (C=O) groups excluding carboxylic acids is 1. The molecule has 0 unspecified atom stereocenters. The van der Waals surface area contributed by atoms with Crippen LogP contribution in [0.4, 0.5) is 0 Å². The maximum absolute atomic E-state index is 11.4. The molecule has 0 radical (unpaired) electrons. The van der Waals surface area contributed by atoms with Crippen LogP contribution in [-0.4, -0.2) is 11.1 Å². The van der Waals surface area contributed by atoms with E-state index in [0.717, 1.165) is 0 Å². The number of phenols is 1. The van der Waals surface area contributed by atoms with Gasteiger partial charge in [0.1, 0.15) is 10.2 Å². The van der Waals surface area contributed by atoms with Crippen molar-refractivity contribution in [3.05, 3.63) is 31.6 Å². The molecule has 1 aromatic carbocycles. The Morgan fingerprint density at radius 1 is 1.38 bits per heavy atom. The topological polar surface area (TPSA) is 46.5 Å². The van der Waals surface area contributed by atoms with E-state index in [1.54, 1.807) is 13.0 Å². The summed E-state index contributed by atoms with van der Waals surface area (Å²) in [6.07, 6.45) is 0. The predicted molar refractivity (Wildman–Crippen MR) is 71.7 cm³/mol. The zero-order valence-corrected chi connectivity index (χ0v) is 12.9. The number of hydrogen-bond acceptors (Lipinski definition) is 3. The van der Waals surface area contributed by atoms with E-state index in [4.69, 9.17) is 4.74 Å². The second kappa shape index (κ2) is 5.33. The summed E-state index contributed by atoms with van der Waals surface area (Å²) in [5.41, 5.74) is 0.279. The number of ether oxygens (including phenoxy) is 1. The average Bonchev–Trinajstić information content (AvgIpc) is 2.20. The standard InChI is InChI=1S/C10H7Br3O3/c1-4(2)10(15)16-9-6(12)3-5(11)8(14)7(9)13/h3,14H,1H2,2H3. The number of rotatable bonds is 2. The summed E-state index contributed by atoms with van der Waals surface area (Å²) in [6, 6.07) is 1.58. The van der Waals surface area contributed by atoms with E-state index in [2.05, 4.69) is 54.4 Å². The molecule has 1 N–H and O–H groups in total. The van der Waals surface area contributed by atoms with Gasteiger partial charge in [-0.15, -0.1) is 0 Å². The van der Waals surface area contributed by atoms with Gasteiger partial charge in [0.2, 0.25) is 0 Å². The van der Waals surface area contributed by atoms with Gasteiger partial charge in [-0.3, -0.25) is 0 Å². The quantitative estimate of drug-likeness (QED) is 0.449. The second-order valence-electron chi connectivity index (χ2n) is 3.00. The van der Waals surface area contributed by atoms with Crippen LogP contribution in [-0.2, 0) is 4.79 Å². The van der Waals surface area contributed by atoms with E-state index in [-0.39, 0.29) is 17.1 Å².